The fourth-order valence-electron chi connectivity index (χ4n) is 3.94. The quantitative estimate of drug-likeness (QED) is 0.592. The Balaban J connectivity index is 1.82. The zero-order valence-electron chi connectivity index (χ0n) is 14.1. The first-order valence-corrected chi connectivity index (χ1v) is 8.62. The summed E-state index contributed by atoms with van der Waals surface area (Å²) in [6.07, 6.45) is 4.82. The lowest BCUT2D eigenvalue weighted by molar-refractivity contribution is 0.698. The summed E-state index contributed by atoms with van der Waals surface area (Å²) in [7, 11) is 2.08. The lowest BCUT2D eigenvalue weighted by Crippen LogP contribution is -2.10. The van der Waals surface area contributed by atoms with Crippen LogP contribution in [0.25, 0.3) is 27.8 Å². The first-order chi connectivity index (χ1) is 12.2. The monoisotopic (exact) mass is 332 g/mol. The number of hydrogen-bond acceptors (Lipinski definition) is 4. The van der Waals surface area contributed by atoms with Crippen molar-refractivity contribution in [1.82, 2.24) is 24.3 Å². The van der Waals surface area contributed by atoms with E-state index in [0.29, 0.717) is 11.7 Å². The van der Waals surface area contributed by atoms with Gasteiger partial charge in [-0.05, 0) is 25.1 Å². The molecule has 1 aromatic carbocycles. The van der Waals surface area contributed by atoms with Crippen molar-refractivity contribution >= 4 is 22.2 Å². The number of benzene rings is 1. The van der Waals surface area contributed by atoms with Gasteiger partial charge in [-0.3, -0.25) is 4.40 Å². The summed E-state index contributed by atoms with van der Waals surface area (Å²) in [6.45, 7) is 1.99. The Morgan fingerprint density at radius 1 is 1.28 bits per heavy atom. The van der Waals surface area contributed by atoms with E-state index in [1.54, 1.807) is 6.20 Å². The molecule has 6 heteroatoms. The molecule has 4 aromatic rings. The molecule has 0 spiro atoms. The van der Waals surface area contributed by atoms with Gasteiger partial charge in [0.1, 0.15) is 22.9 Å². The average molecular weight is 332 g/mol. The molecule has 0 bridgehead atoms. The maximum Gasteiger partial charge on any atom is 0.150 e. The van der Waals surface area contributed by atoms with Gasteiger partial charge in [0.2, 0.25) is 0 Å². The van der Waals surface area contributed by atoms with E-state index in [0.717, 1.165) is 42.2 Å². The number of anilines is 1. The summed E-state index contributed by atoms with van der Waals surface area (Å²) in [4.78, 5) is 9.35. The molecule has 6 nitrogen and oxygen atoms in total. The average Bonchev–Trinajstić information content (AvgIpc) is 3.33. The molecule has 1 aliphatic heterocycles. The third-order valence-electron chi connectivity index (χ3n) is 5.23. The first-order valence-electron chi connectivity index (χ1n) is 8.62. The number of hydrogen-bond donors (Lipinski definition) is 2. The Labute approximate surface area is 145 Å². The van der Waals surface area contributed by atoms with Crippen molar-refractivity contribution in [2.24, 2.45) is 7.05 Å². The number of nitrogen functional groups attached to an aromatic ring is 1. The topological polar surface area (TPSA) is 73.2 Å². The maximum atomic E-state index is 6.25. The number of fused-ring (bicyclic) bond motifs is 2. The van der Waals surface area contributed by atoms with E-state index in [4.69, 9.17) is 10.7 Å². The Morgan fingerprint density at radius 3 is 2.96 bits per heavy atom. The van der Waals surface area contributed by atoms with Crippen molar-refractivity contribution in [3.63, 3.8) is 0 Å². The van der Waals surface area contributed by atoms with E-state index in [9.17, 15) is 0 Å². The van der Waals surface area contributed by atoms with Crippen LogP contribution in [0.5, 0.6) is 0 Å². The molecular weight excluding hydrogens is 312 g/mol. The van der Waals surface area contributed by atoms with Crippen LogP contribution >= 0.6 is 0 Å². The number of nitrogens with zero attached hydrogens (tertiary/aromatic N) is 4. The van der Waals surface area contributed by atoms with Crippen LogP contribution in [-0.4, -0.2) is 32.0 Å². The second-order valence-corrected chi connectivity index (χ2v) is 6.69. The van der Waals surface area contributed by atoms with Gasteiger partial charge in [-0.15, -0.1) is 0 Å². The van der Waals surface area contributed by atoms with E-state index in [1.807, 2.05) is 6.20 Å². The second-order valence-electron chi connectivity index (χ2n) is 6.69. The summed E-state index contributed by atoms with van der Waals surface area (Å²) < 4.78 is 4.30. The SMILES string of the molecule is Cn1c(-c2nc(C3CCNC3)n3ccnc(N)c23)cc2ccccc21. The summed E-state index contributed by atoms with van der Waals surface area (Å²) in [5, 5.41) is 4.63. The molecule has 25 heavy (non-hydrogen) atoms. The van der Waals surface area contributed by atoms with Crippen LogP contribution in [0, 0.1) is 0 Å². The summed E-state index contributed by atoms with van der Waals surface area (Å²) >= 11 is 0. The van der Waals surface area contributed by atoms with Crippen LogP contribution in [0.1, 0.15) is 18.2 Å². The lowest BCUT2D eigenvalue weighted by Gasteiger charge is -2.07. The van der Waals surface area contributed by atoms with Crippen LogP contribution < -0.4 is 11.1 Å². The summed E-state index contributed by atoms with van der Waals surface area (Å²) in [5.74, 6) is 1.99. The highest BCUT2D eigenvalue weighted by Gasteiger charge is 2.26. The van der Waals surface area contributed by atoms with Crippen LogP contribution in [-0.2, 0) is 7.05 Å². The zero-order chi connectivity index (χ0) is 17.0. The van der Waals surface area contributed by atoms with Crippen molar-refractivity contribution in [2.45, 2.75) is 12.3 Å². The second kappa shape index (κ2) is 5.32. The van der Waals surface area contributed by atoms with Crippen LogP contribution in [0.15, 0.2) is 42.7 Å². The summed E-state index contributed by atoms with van der Waals surface area (Å²) in [5.41, 5.74) is 10.3. The Kier molecular flexibility index (Phi) is 3.08. The van der Waals surface area contributed by atoms with Gasteiger partial charge in [0.15, 0.2) is 0 Å². The maximum absolute atomic E-state index is 6.25. The molecule has 0 radical (unpaired) electrons. The largest absolute Gasteiger partial charge is 0.382 e. The number of rotatable bonds is 2. The standard InChI is InChI=1S/C19H20N6/c1-24-14-5-3-2-4-12(14)10-15(24)16-17-18(20)22-8-9-25(17)19(23-16)13-6-7-21-11-13/h2-5,8-10,13,21H,6-7,11H2,1H3,(H2,20,22). The molecule has 5 rings (SSSR count). The Morgan fingerprint density at radius 2 is 2.16 bits per heavy atom. The smallest absolute Gasteiger partial charge is 0.150 e. The van der Waals surface area contributed by atoms with Crippen molar-refractivity contribution < 1.29 is 0 Å². The molecule has 1 atom stereocenters. The number of nitrogens with two attached hydrogens (primary N) is 1. The van der Waals surface area contributed by atoms with Gasteiger partial charge in [0, 0.05) is 42.8 Å². The molecule has 0 amide bonds. The van der Waals surface area contributed by atoms with E-state index < -0.39 is 0 Å². The third-order valence-corrected chi connectivity index (χ3v) is 5.23. The van der Waals surface area contributed by atoms with Gasteiger partial charge < -0.3 is 15.6 Å². The van der Waals surface area contributed by atoms with Crippen molar-refractivity contribution in [1.29, 1.82) is 0 Å². The number of para-hydroxylation sites is 1. The van der Waals surface area contributed by atoms with Gasteiger partial charge in [0.05, 0.1) is 5.69 Å². The van der Waals surface area contributed by atoms with Gasteiger partial charge in [-0.25, -0.2) is 9.97 Å². The van der Waals surface area contributed by atoms with Crippen LogP contribution in [0.2, 0.25) is 0 Å². The number of aromatic nitrogens is 4. The molecule has 3 N–H and O–H groups in total. The predicted molar refractivity (Wildman–Crippen MR) is 99.5 cm³/mol. The van der Waals surface area contributed by atoms with E-state index in [2.05, 4.69) is 56.6 Å². The molecular formula is C19H20N6. The molecule has 4 heterocycles. The van der Waals surface area contributed by atoms with E-state index in [-0.39, 0.29) is 0 Å². The number of imidazole rings is 1. The first kappa shape index (κ1) is 14.5. The fourth-order valence-corrected chi connectivity index (χ4v) is 3.94. The highest BCUT2D eigenvalue weighted by Crippen LogP contribution is 2.34. The minimum Gasteiger partial charge on any atom is -0.382 e. The Bertz CT molecular complexity index is 1080. The van der Waals surface area contributed by atoms with E-state index in [1.165, 1.54) is 10.9 Å². The van der Waals surface area contributed by atoms with Gasteiger partial charge >= 0.3 is 0 Å². The normalized spacial score (nSPS) is 17.7. The number of aryl methyl sites for hydroxylation is 1. The molecule has 0 aliphatic carbocycles. The third kappa shape index (κ3) is 2.07. The van der Waals surface area contributed by atoms with Gasteiger partial charge in [-0.1, -0.05) is 18.2 Å². The molecule has 1 aliphatic rings. The van der Waals surface area contributed by atoms with Crippen molar-refractivity contribution in [2.75, 3.05) is 18.8 Å². The zero-order valence-corrected chi connectivity index (χ0v) is 14.1. The predicted octanol–water partition coefficient (Wildman–Crippen LogP) is 2.55. The molecule has 1 saturated heterocycles. The molecule has 3 aromatic heterocycles. The fraction of sp³-hybridized carbons (Fsp3) is 0.263. The highest BCUT2D eigenvalue weighted by atomic mass is 15.1. The lowest BCUT2D eigenvalue weighted by atomic mass is 10.1. The minimum absolute atomic E-state index is 0.401. The van der Waals surface area contributed by atoms with Crippen LogP contribution in [0.4, 0.5) is 5.82 Å². The van der Waals surface area contributed by atoms with Gasteiger partial charge in [-0.2, -0.15) is 0 Å². The molecule has 126 valence electrons. The highest BCUT2D eigenvalue weighted by molar-refractivity contribution is 5.92. The summed E-state index contributed by atoms with van der Waals surface area (Å²) in [6, 6.07) is 10.5. The molecule has 0 saturated carbocycles. The van der Waals surface area contributed by atoms with E-state index >= 15 is 0 Å². The molecule has 1 unspecified atom stereocenters. The Hall–Kier alpha value is -2.86. The number of nitrogens with one attached hydrogen (secondary N) is 1. The van der Waals surface area contributed by atoms with Gasteiger partial charge in [0.25, 0.3) is 0 Å². The van der Waals surface area contributed by atoms with Crippen LogP contribution in [0.3, 0.4) is 0 Å². The van der Waals surface area contributed by atoms with Crippen molar-refractivity contribution in [3.05, 3.63) is 48.5 Å². The minimum atomic E-state index is 0.401. The molecule has 1 fully saturated rings. The van der Waals surface area contributed by atoms with Crippen molar-refractivity contribution in [3.8, 4) is 11.4 Å².